The van der Waals surface area contributed by atoms with Crippen molar-refractivity contribution in [1.29, 1.82) is 0 Å². The molecule has 11 heteroatoms. The number of nitrogens with zero attached hydrogens (tertiary/aromatic N) is 7. The number of aromatic amines is 1. The minimum Gasteiger partial charge on any atom is -0.481 e. The summed E-state index contributed by atoms with van der Waals surface area (Å²) < 4.78 is 11.1. The topological polar surface area (TPSA) is 131 Å². The molecule has 5 rings (SSSR count). The summed E-state index contributed by atoms with van der Waals surface area (Å²) in [6.45, 7) is 4.63. The van der Waals surface area contributed by atoms with E-state index in [1.165, 1.54) is 0 Å². The summed E-state index contributed by atoms with van der Waals surface area (Å²) in [6, 6.07) is 5.52. The first-order valence-corrected chi connectivity index (χ1v) is 10.3. The van der Waals surface area contributed by atoms with E-state index < -0.39 is 0 Å². The fourth-order valence-electron chi connectivity index (χ4n) is 3.84. The minimum absolute atomic E-state index is 0.0409. The zero-order valence-electron chi connectivity index (χ0n) is 18.0. The minimum atomic E-state index is -0.0409. The smallest absolute Gasteiger partial charge is 0.231 e. The predicted molar refractivity (Wildman–Crippen MR) is 117 cm³/mol. The van der Waals surface area contributed by atoms with Crippen molar-refractivity contribution in [2.24, 2.45) is 0 Å². The molecule has 1 aliphatic heterocycles. The van der Waals surface area contributed by atoms with Crippen LogP contribution >= 0.6 is 0 Å². The van der Waals surface area contributed by atoms with Gasteiger partial charge in [-0.15, -0.1) is 0 Å². The molecule has 5 heterocycles. The summed E-state index contributed by atoms with van der Waals surface area (Å²) in [5, 5.41) is 14.6. The standard InChI is InChI=1S/C21H23N9O2/c1-12-9-18(28-27-12)24-17-11-19(31-3)26-21(25-17)30-8-4-5-15(30)16-10-14(29-32-16)20-13(2)22-6-7-23-20/h6-7,9-11,15H,4-5,8H2,1-3H3,(H2,24,25,26,27,28). The summed E-state index contributed by atoms with van der Waals surface area (Å²) in [7, 11) is 1.59. The Balaban J connectivity index is 1.44. The molecule has 32 heavy (non-hydrogen) atoms. The van der Waals surface area contributed by atoms with Gasteiger partial charge < -0.3 is 19.5 Å². The molecule has 4 aromatic rings. The Morgan fingerprint density at radius 3 is 2.78 bits per heavy atom. The van der Waals surface area contributed by atoms with Crippen molar-refractivity contribution in [3.05, 3.63) is 47.7 Å². The molecule has 0 saturated carbocycles. The van der Waals surface area contributed by atoms with Gasteiger partial charge in [-0.05, 0) is 26.7 Å². The molecular weight excluding hydrogens is 410 g/mol. The third-order valence-electron chi connectivity index (χ3n) is 5.35. The molecule has 0 aliphatic carbocycles. The van der Waals surface area contributed by atoms with E-state index in [0.29, 0.717) is 34.9 Å². The normalized spacial score (nSPS) is 15.8. The quantitative estimate of drug-likeness (QED) is 0.466. The van der Waals surface area contributed by atoms with E-state index in [9.17, 15) is 0 Å². The second-order valence-corrected chi connectivity index (χ2v) is 7.61. The third kappa shape index (κ3) is 3.84. The number of anilines is 3. The maximum Gasteiger partial charge on any atom is 0.231 e. The lowest BCUT2D eigenvalue weighted by molar-refractivity contribution is 0.361. The van der Waals surface area contributed by atoms with E-state index in [4.69, 9.17) is 14.2 Å². The number of rotatable bonds is 6. The van der Waals surface area contributed by atoms with Crippen molar-refractivity contribution >= 4 is 17.6 Å². The van der Waals surface area contributed by atoms with Gasteiger partial charge in [0, 0.05) is 42.8 Å². The molecule has 1 atom stereocenters. The highest BCUT2D eigenvalue weighted by Gasteiger charge is 2.32. The monoisotopic (exact) mass is 433 g/mol. The number of H-pyrrole nitrogens is 1. The summed E-state index contributed by atoms with van der Waals surface area (Å²) >= 11 is 0. The molecule has 164 valence electrons. The molecule has 0 aromatic carbocycles. The largest absolute Gasteiger partial charge is 0.481 e. The summed E-state index contributed by atoms with van der Waals surface area (Å²) in [6.07, 6.45) is 5.19. The number of methoxy groups -OCH3 is 1. The number of aromatic nitrogens is 7. The molecule has 0 spiro atoms. The zero-order chi connectivity index (χ0) is 22.1. The van der Waals surface area contributed by atoms with Crippen molar-refractivity contribution in [3.8, 4) is 17.3 Å². The average molecular weight is 433 g/mol. The fourth-order valence-corrected chi connectivity index (χ4v) is 3.84. The number of hydrogen-bond acceptors (Lipinski definition) is 10. The van der Waals surface area contributed by atoms with Crippen LogP contribution in [0.3, 0.4) is 0 Å². The van der Waals surface area contributed by atoms with E-state index in [-0.39, 0.29) is 6.04 Å². The lowest BCUT2D eigenvalue weighted by Crippen LogP contribution is -2.24. The van der Waals surface area contributed by atoms with Gasteiger partial charge in [-0.2, -0.15) is 15.1 Å². The van der Waals surface area contributed by atoms with Crippen LogP contribution in [-0.2, 0) is 0 Å². The van der Waals surface area contributed by atoms with Crippen molar-refractivity contribution in [1.82, 2.24) is 35.3 Å². The van der Waals surface area contributed by atoms with Gasteiger partial charge >= 0.3 is 0 Å². The molecule has 2 N–H and O–H groups in total. The van der Waals surface area contributed by atoms with Crippen LogP contribution in [0.25, 0.3) is 11.4 Å². The highest BCUT2D eigenvalue weighted by Crippen LogP contribution is 2.37. The van der Waals surface area contributed by atoms with Crippen molar-refractivity contribution in [3.63, 3.8) is 0 Å². The van der Waals surface area contributed by atoms with Crippen LogP contribution in [0.2, 0.25) is 0 Å². The Hall–Kier alpha value is -4.02. The first-order chi connectivity index (χ1) is 15.6. The van der Waals surface area contributed by atoms with Crippen LogP contribution < -0.4 is 15.0 Å². The summed E-state index contributed by atoms with van der Waals surface area (Å²) in [4.78, 5) is 20.1. The Morgan fingerprint density at radius 1 is 1.12 bits per heavy atom. The Bertz CT molecular complexity index is 1240. The Kier molecular flexibility index (Phi) is 5.13. The zero-order valence-corrected chi connectivity index (χ0v) is 18.0. The SMILES string of the molecule is COc1cc(Nc2cc(C)[nH]n2)nc(N2CCCC2c2cc(-c3nccnc3C)no2)n1. The van der Waals surface area contributed by atoms with Crippen LogP contribution in [0, 0.1) is 13.8 Å². The molecule has 0 bridgehead atoms. The Labute approximate surface area is 184 Å². The second kappa shape index (κ2) is 8.25. The number of nitrogens with one attached hydrogen (secondary N) is 2. The van der Waals surface area contributed by atoms with Gasteiger partial charge in [0.2, 0.25) is 11.8 Å². The fraction of sp³-hybridized carbons (Fsp3) is 0.333. The molecule has 0 radical (unpaired) electrons. The molecule has 4 aromatic heterocycles. The average Bonchev–Trinajstić information content (AvgIpc) is 3.54. The maximum atomic E-state index is 5.72. The van der Waals surface area contributed by atoms with Gasteiger partial charge in [0.15, 0.2) is 11.6 Å². The van der Waals surface area contributed by atoms with Gasteiger partial charge in [0.1, 0.15) is 17.2 Å². The molecule has 1 aliphatic rings. The predicted octanol–water partition coefficient (Wildman–Crippen LogP) is 3.36. The molecule has 1 fully saturated rings. The van der Waals surface area contributed by atoms with E-state index in [1.807, 2.05) is 26.0 Å². The third-order valence-corrected chi connectivity index (χ3v) is 5.35. The number of hydrogen-bond donors (Lipinski definition) is 2. The van der Waals surface area contributed by atoms with Crippen LogP contribution in [-0.4, -0.2) is 48.9 Å². The van der Waals surface area contributed by atoms with Gasteiger partial charge in [-0.25, -0.2) is 0 Å². The molecular formula is C21H23N9O2. The van der Waals surface area contributed by atoms with E-state index in [0.717, 1.165) is 36.5 Å². The molecule has 11 nitrogen and oxygen atoms in total. The molecule has 1 unspecified atom stereocenters. The lowest BCUT2D eigenvalue weighted by Gasteiger charge is -2.23. The number of aryl methyl sites for hydroxylation is 2. The van der Waals surface area contributed by atoms with Gasteiger partial charge in [0.05, 0.1) is 18.8 Å². The van der Waals surface area contributed by atoms with Crippen LogP contribution in [0.1, 0.15) is 36.0 Å². The van der Waals surface area contributed by atoms with E-state index >= 15 is 0 Å². The molecule has 1 saturated heterocycles. The van der Waals surface area contributed by atoms with E-state index in [1.54, 1.807) is 25.6 Å². The van der Waals surface area contributed by atoms with Gasteiger partial charge in [-0.1, -0.05) is 5.16 Å². The van der Waals surface area contributed by atoms with Gasteiger partial charge in [-0.3, -0.25) is 15.1 Å². The van der Waals surface area contributed by atoms with Crippen molar-refractivity contribution in [2.75, 3.05) is 23.9 Å². The van der Waals surface area contributed by atoms with Crippen molar-refractivity contribution in [2.45, 2.75) is 32.7 Å². The lowest BCUT2D eigenvalue weighted by atomic mass is 10.1. The number of ether oxygens (including phenoxy) is 1. The second-order valence-electron chi connectivity index (χ2n) is 7.61. The van der Waals surface area contributed by atoms with Crippen LogP contribution in [0.4, 0.5) is 17.6 Å². The highest BCUT2D eigenvalue weighted by atomic mass is 16.5. The first-order valence-electron chi connectivity index (χ1n) is 10.3. The van der Waals surface area contributed by atoms with Gasteiger partial charge in [0.25, 0.3) is 0 Å². The van der Waals surface area contributed by atoms with Crippen molar-refractivity contribution < 1.29 is 9.26 Å². The maximum absolute atomic E-state index is 5.72. The molecule has 0 amide bonds. The van der Waals surface area contributed by atoms with Crippen LogP contribution in [0.15, 0.2) is 35.1 Å². The highest BCUT2D eigenvalue weighted by molar-refractivity contribution is 5.58. The summed E-state index contributed by atoms with van der Waals surface area (Å²) in [5.41, 5.74) is 3.13. The van der Waals surface area contributed by atoms with Crippen LogP contribution in [0.5, 0.6) is 5.88 Å². The Morgan fingerprint density at radius 2 is 2.00 bits per heavy atom. The van der Waals surface area contributed by atoms with E-state index in [2.05, 4.69) is 40.5 Å². The summed E-state index contributed by atoms with van der Waals surface area (Å²) in [5.74, 6) is 3.02. The first kappa shape index (κ1) is 19.9.